The van der Waals surface area contributed by atoms with Crippen LogP contribution in [0.3, 0.4) is 0 Å². The van der Waals surface area contributed by atoms with E-state index in [4.69, 9.17) is 15.2 Å². The van der Waals surface area contributed by atoms with Crippen LogP contribution in [0.4, 0.5) is 5.69 Å². The fraction of sp³-hybridized carbons (Fsp3) is 0.458. The van der Waals surface area contributed by atoms with Crippen LogP contribution in [0.2, 0.25) is 0 Å². The maximum Gasteiger partial charge on any atom is 0.193 e. The molecule has 3 N–H and O–H groups in total. The average Bonchev–Trinajstić information content (AvgIpc) is 3.24. The Morgan fingerprint density at radius 2 is 1.68 bits per heavy atom. The molecule has 0 saturated carbocycles. The molecular formula is C24H35IN4O2. The summed E-state index contributed by atoms with van der Waals surface area (Å²) in [7, 11) is 0. The fourth-order valence-corrected chi connectivity index (χ4v) is 3.43. The van der Waals surface area contributed by atoms with Crippen LogP contribution in [0.15, 0.2) is 53.5 Å². The first-order valence-electron chi connectivity index (χ1n) is 10.9. The Balaban J connectivity index is 0.00000341. The van der Waals surface area contributed by atoms with E-state index >= 15 is 0 Å². The maximum atomic E-state index is 6.00. The van der Waals surface area contributed by atoms with Gasteiger partial charge in [0.1, 0.15) is 18.1 Å². The van der Waals surface area contributed by atoms with Crippen LogP contribution in [0.1, 0.15) is 32.3 Å². The van der Waals surface area contributed by atoms with Crippen LogP contribution in [0.5, 0.6) is 11.5 Å². The van der Waals surface area contributed by atoms with Gasteiger partial charge >= 0.3 is 0 Å². The van der Waals surface area contributed by atoms with E-state index in [9.17, 15) is 0 Å². The predicted molar refractivity (Wildman–Crippen MR) is 139 cm³/mol. The second-order valence-corrected chi connectivity index (χ2v) is 7.87. The Morgan fingerprint density at radius 3 is 2.32 bits per heavy atom. The van der Waals surface area contributed by atoms with E-state index in [0.717, 1.165) is 36.8 Å². The lowest BCUT2D eigenvalue weighted by Crippen LogP contribution is -2.25. The number of nitrogens with one attached hydrogen (secondary N) is 1. The number of hydrogen-bond donors (Lipinski definition) is 2. The molecular weight excluding hydrogens is 503 g/mol. The van der Waals surface area contributed by atoms with Gasteiger partial charge in [-0.2, -0.15) is 0 Å². The topological polar surface area (TPSA) is 72.1 Å². The molecule has 0 bridgehead atoms. The van der Waals surface area contributed by atoms with Gasteiger partial charge in [-0.25, -0.2) is 0 Å². The number of rotatable bonds is 10. The number of nitrogens with zero attached hydrogens (tertiary/aromatic N) is 2. The molecule has 3 rings (SSSR count). The standard InChI is InChI=1S/C24H34N4O2.HI/c1-19(2)30-23-11-7-21(8-12-23)27-24(25)26-14-13-20-5-9-22(10-6-20)29-18-17-28-15-3-4-16-28;/h5-12,19H,3-4,13-18H2,1-2H3,(H3,25,26,27);1H. The third kappa shape index (κ3) is 9.35. The SMILES string of the molecule is CC(C)Oc1ccc(NC(N)=NCCc2ccc(OCCN3CCCC3)cc2)cc1.I. The smallest absolute Gasteiger partial charge is 0.193 e. The summed E-state index contributed by atoms with van der Waals surface area (Å²) in [6.07, 6.45) is 3.62. The molecule has 0 aliphatic carbocycles. The third-order valence-corrected chi connectivity index (χ3v) is 4.98. The van der Waals surface area contributed by atoms with Crippen LogP contribution in [-0.4, -0.2) is 49.7 Å². The Bertz CT molecular complexity index is 788. The molecule has 6 nitrogen and oxygen atoms in total. The van der Waals surface area contributed by atoms with Crippen LogP contribution >= 0.6 is 24.0 Å². The van der Waals surface area contributed by atoms with Crippen LogP contribution in [-0.2, 0) is 6.42 Å². The maximum absolute atomic E-state index is 6.00. The lowest BCUT2D eigenvalue weighted by molar-refractivity contribution is 0.238. The highest BCUT2D eigenvalue weighted by atomic mass is 127. The summed E-state index contributed by atoms with van der Waals surface area (Å²) < 4.78 is 11.5. The van der Waals surface area contributed by atoms with Crippen molar-refractivity contribution < 1.29 is 9.47 Å². The Kier molecular flexibility index (Phi) is 10.9. The largest absolute Gasteiger partial charge is 0.492 e. The summed E-state index contributed by atoms with van der Waals surface area (Å²) in [6.45, 7) is 8.81. The molecule has 7 heteroatoms. The normalized spacial score (nSPS) is 14.4. The number of hydrogen-bond acceptors (Lipinski definition) is 4. The monoisotopic (exact) mass is 538 g/mol. The van der Waals surface area contributed by atoms with Gasteiger partial charge in [-0.1, -0.05) is 12.1 Å². The van der Waals surface area contributed by atoms with Crippen LogP contribution in [0.25, 0.3) is 0 Å². The van der Waals surface area contributed by atoms with E-state index in [1.807, 2.05) is 50.2 Å². The molecule has 2 aromatic carbocycles. The van der Waals surface area contributed by atoms with Gasteiger partial charge in [0.2, 0.25) is 0 Å². The van der Waals surface area contributed by atoms with Crippen molar-refractivity contribution in [2.75, 3.05) is 38.1 Å². The summed E-state index contributed by atoms with van der Waals surface area (Å²) in [4.78, 5) is 6.87. The summed E-state index contributed by atoms with van der Waals surface area (Å²) in [6, 6.07) is 16.0. The molecule has 31 heavy (non-hydrogen) atoms. The number of nitrogens with two attached hydrogens (primary N) is 1. The van der Waals surface area contributed by atoms with Gasteiger partial charge < -0.3 is 20.5 Å². The first-order chi connectivity index (χ1) is 14.6. The quantitative estimate of drug-likeness (QED) is 0.264. The molecule has 1 aliphatic rings. The van der Waals surface area contributed by atoms with E-state index in [0.29, 0.717) is 12.5 Å². The second-order valence-electron chi connectivity index (χ2n) is 7.87. The van der Waals surface area contributed by atoms with E-state index in [-0.39, 0.29) is 30.1 Å². The molecule has 0 unspecified atom stereocenters. The van der Waals surface area contributed by atoms with Gasteiger partial charge in [0, 0.05) is 18.8 Å². The van der Waals surface area contributed by atoms with Crippen LogP contribution in [0, 0.1) is 0 Å². The lowest BCUT2D eigenvalue weighted by Gasteiger charge is -2.15. The fourth-order valence-electron chi connectivity index (χ4n) is 3.43. The number of anilines is 1. The van der Waals surface area contributed by atoms with Gasteiger partial charge in [-0.3, -0.25) is 9.89 Å². The first kappa shape index (κ1) is 25.3. The zero-order valence-corrected chi connectivity index (χ0v) is 20.9. The minimum atomic E-state index is 0. The van der Waals surface area contributed by atoms with E-state index < -0.39 is 0 Å². The van der Waals surface area contributed by atoms with Crippen molar-refractivity contribution >= 4 is 35.6 Å². The van der Waals surface area contributed by atoms with Crippen LogP contribution < -0.4 is 20.5 Å². The van der Waals surface area contributed by atoms with Gasteiger partial charge in [-0.05, 0) is 88.2 Å². The Morgan fingerprint density at radius 1 is 1.03 bits per heavy atom. The molecule has 170 valence electrons. The van der Waals surface area contributed by atoms with Gasteiger partial charge in [0.25, 0.3) is 0 Å². The highest BCUT2D eigenvalue weighted by molar-refractivity contribution is 14.0. The third-order valence-electron chi connectivity index (χ3n) is 4.98. The molecule has 2 aromatic rings. The van der Waals surface area contributed by atoms with Crippen molar-refractivity contribution in [3.05, 3.63) is 54.1 Å². The second kappa shape index (κ2) is 13.4. The first-order valence-corrected chi connectivity index (χ1v) is 10.9. The van der Waals surface area contributed by atoms with E-state index in [2.05, 4.69) is 27.3 Å². The summed E-state index contributed by atoms with van der Waals surface area (Å²) in [5.74, 6) is 2.18. The van der Waals surface area contributed by atoms with Gasteiger partial charge in [0.05, 0.1) is 6.10 Å². The highest BCUT2D eigenvalue weighted by Crippen LogP contribution is 2.17. The number of aliphatic imine (C=N–C) groups is 1. The lowest BCUT2D eigenvalue weighted by atomic mass is 10.1. The molecule has 1 heterocycles. The van der Waals surface area contributed by atoms with Crippen molar-refractivity contribution in [2.24, 2.45) is 10.7 Å². The van der Waals surface area contributed by atoms with Crippen molar-refractivity contribution in [1.29, 1.82) is 0 Å². The number of guanidine groups is 1. The van der Waals surface area contributed by atoms with Crippen molar-refractivity contribution in [3.8, 4) is 11.5 Å². The molecule has 1 saturated heterocycles. The molecule has 0 radical (unpaired) electrons. The van der Waals surface area contributed by atoms with Gasteiger partial charge in [0.15, 0.2) is 5.96 Å². The van der Waals surface area contributed by atoms with E-state index in [1.54, 1.807) is 0 Å². The highest BCUT2D eigenvalue weighted by Gasteiger charge is 2.10. The zero-order valence-electron chi connectivity index (χ0n) is 18.5. The van der Waals surface area contributed by atoms with E-state index in [1.165, 1.54) is 31.5 Å². The number of likely N-dealkylation sites (tertiary alicyclic amines) is 1. The number of benzene rings is 2. The van der Waals surface area contributed by atoms with Crippen molar-refractivity contribution in [3.63, 3.8) is 0 Å². The molecule has 0 atom stereocenters. The molecule has 1 fully saturated rings. The molecule has 0 spiro atoms. The molecule has 0 aromatic heterocycles. The van der Waals surface area contributed by atoms with Gasteiger partial charge in [-0.15, -0.1) is 24.0 Å². The summed E-state index contributed by atoms with van der Waals surface area (Å²) in [5, 5.41) is 3.11. The average molecular weight is 538 g/mol. The number of ether oxygens (including phenoxy) is 2. The zero-order chi connectivity index (χ0) is 21.2. The van der Waals surface area contributed by atoms with Crippen molar-refractivity contribution in [2.45, 2.75) is 39.2 Å². The predicted octanol–water partition coefficient (Wildman–Crippen LogP) is 4.54. The minimum Gasteiger partial charge on any atom is -0.492 e. The minimum absolute atomic E-state index is 0. The number of halogens is 1. The molecule has 1 aliphatic heterocycles. The molecule has 0 amide bonds. The summed E-state index contributed by atoms with van der Waals surface area (Å²) in [5.41, 5.74) is 8.11. The Hall–Kier alpha value is -2.00. The summed E-state index contributed by atoms with van der Waals surface area (Å²) >= 11 is 0. The van der Waals surface area contributed by atoms with Crippen molar-refractivity contribution in [1.82, 2.24) is 4.90 Å². The Labute approximate surface area is 203 Å².